The first-order valence-corrected chi connectivity index (χ1v) is 8.83. The number of piperazine rings is 1. The number of carbonyl (C=O) groups excluding carboxylic acids is 1. The fourth-order valence-electron chi connectivity index (χ4n) is 2.65. The molecule has 1 amide bonds. The van der Waals surface area contributed by atoms with Crippen LogP contribution in [0.15, 0.2) is 11.2 Å². The molecular weight excluding hydrogens is 306 g/mol. The SMILES string of the molecule is Cc1nc(S(=O)(=O)N2CCN(C(=O)C3CNC3)CC2)cn1C. The minimum absolute atomic E-state index is 0.0570. The lowest BCUT2D eigenvalue weighted by Gasteiger charge is -2.37. The van der Waals surface area contributed by atoms with Crippen LogP contribution in [-0.2, 0) is 21.9 Å². The van der Waals surface area contributed by atoms with Gasteiger partial charge in [0.25, 0.3) is 10.0 Å². The molecule has 0 atom stereocenters. The van der Waals surface area contributed by atoms with Gasteiger partial charge in [0.1, 0.15) is 5.82 Å². The van der Waals surface area contributed by atoms with Crippen LogP contribution in [0, 0.1) is 12.8 Å². The molecule has 1 N–H and O–H groups in total. The van der Waals surface area contributed by atoms with Crippen LogP contribution < -0.4 is 5.32 Å². The van der Waals surface area contributed by atoms with E-state index in [1.165, 1.54) is 10.5 Å². The molecule has 0 aliphatic carbocycles. The summed E-state index contributed by atoms with van der Waals surface area (Å²) < 4.78 is 28.2. The number of sulfonamides is 1. The van der Waals surface area contributed by atoms with Crippen molar-refractivity contribution in [3.8, 4) is 0 Å². The summed E-state index contributed by atoms with van der Waals surface area (Å²) in [5, 5.41) is 3.16. The minimum Gasteiger partial charge on any atom is -0.340 e. The van der Waals surface area contributed by atoms with E-state index < -0.39 is 10.0 Å². The highest BCUT2D eigenvalue weighted by molar-refractivity contribution is 7.89. The van der Waals surface area contributed by atoms with Gasteiger partial charge in [-0.05, 0) is 6.92 Å². The van der Waals surface area contributed by atoms with Crippen LogP contribution in [-0.4, -0.2) is 72.3 Å². The Kier molecular flexibility index (Phi) is 3.96. The molecule has 0 aromatic carbocycles. The highest BCUT2D eigenvalue weighted by atomic mass is 32.2. The Bertz CT molecular complexity index is 652. The van der Waals surface area contributed by atoms with Crippen molar-refractivity contribution >= 4 is 15.9 Å². The van der Waals surface area contributed by atoms with E-state index in [1.807, 2.05) is 0 Å². The maximum absolute atomic E-state index is 12.6. The number of rotatable bonds is 3. The monoisotopic (exact) mass is 327 g/mol. The molecule has 3 heterocycles. The predicted octanol–water partition coefficient (Wildman–Crippen LogP) is -1.22. The zero-order valence-electron chi connectivity index (χ0n) is 12.8. The van der Waals surface area contributed by atoms with E-state index in [4.69, 9.17) is 0 Å². The van der Waals surface area contributed by atoms with Crippen LogP contribution >= 0.6 is 0 Å². The average molecular weight is 327 g/mol. The minimum atomic E-state index is -3.57. The summed E-state index contributed by atoms with van der Waals surface area (Å²) in [7, 11) is -1.81. The summed E-state index contributed by atoms with van der Waals surface area (Å²) in [6, 6.07) is 0. The largest absolute Gasteiger partial charge is 0.340 e. The summed E-state index contributed by atoms with van der Waals surface area (Å²) in [5.41, 5.74) is 0. The first kappa shape index (κ1) is 15.4. The molecule has 2 aliphatic rings. The third-order valence-corrected chi connectivity index (χ3v) is 6.14. The number of nitrogens with one attached hydrogen (secondary N) is 1. The molecule has 0 radical (unpaired) electrons. The molecule has 1 aromatic heterocycles. The molecule has 2 saturated heterocycles. The molecule has 0 unspecified atom stereocenters. The van der Waals surface area contributed by atoms with Gasteiger partial charge in [0.05, 0.1) is 5.92 Å². The predicted molar refractivity (Wildman–Crippen MR) is 79.6 cm³/mol. The number of hydrogen-bond donors (Lipinski definition) is 1. The van der Waals surface area contributed by atoms with E-state index in [2.05, 4.69) is 10.3 Å². The number of aromatic nitrogens is 2. The molecule has 1 aromatic rings. The third kappa shape index (κ3) is 2.64. The molecule has 22 heavy (non-hydrogen) atoms. The van der Waals surface area contributed by atoms with Gasteiger partial charge in [-0.25, -0.2) is 13.4 Å². The Morgan fingerprint density at radius 2 is 1.91 bits per heavy atom. The van der Waals surface area contributed by atoms with Crippen LogP contribution in [0.5, 0.6) is 0 Å². The number of carbonyl (C=O) groups is 1. The quantitative estimate of drug-likeness (QED) is 0.752. The van der Waals surface area contributed by atoms with Crippen molar-refractivity contribution in [2.75, 3.05) is 39.3 Å². The topological polar surface area (TPSA) is 87.5 Å². The summed E-state index contributed by atoms with van der Waals surface area (Å²) in [6.07, 6.45) is 1.53. The van der Waals surface area contributed by atoms with Gasteiger partial charge < -0.3 is 14.8 Å². The van der Waals surface area contributed by atoms with Gasteiger partial charge >= 0.3 is 0 Å². The van der Waals surface area contributed by atoms with Crippen molar-refractivity contribution in [1.82, 2.24) is 24.1 Å². The Morgan fingerprint density at radius 3 is 2.36 bits per heavy atom. The second-order valence-corrected chi connectivity index (χ2v) is 7.71. The maximum Gasteiger partial charge on any atom is 0.262 e. The molecule has 3 rings (SSSR count). The highest BCUT2D eigenvalue weighted by Crippen LogP contribution is 2.18. The normalized spacial score (nSPS) is 20.9. The summed E-state index contributed by atoms with van der Waals surface area (Å²) >= 11 is 0. The van der Waals surface area contributed by atoms with Crippen molar-refractivity contribution in [3.63, 3.8) is 0 Å². The van der Waals surface area contributed by atoms with Crippen LogP contribution in [0.25, 0.3) is 0 Å². The van der Waals surface area contributed by atoms with E-state index in [9.17, 15) is 13.2 Å². The second kappa shape index (κ2) is 5.64. The van der Waals surface area contributed by atoms with E-state index in [-0.39, 0.29) is 16.9 Å². The summed E-state index contributed by atoms with van der Waals surface area (Å²) in [6.45, 7) is 4.76. The van der Waals surface area contributed by atoms with Crippen molar-refractivity contribution in [1.29, 1.82) is 0 Å². The van der Waals surface area contributed by atoms with Crippen LogP contribution in [0.2, 0.25) is 0 Å². The lowest BCUT2D eigenvalue weighted by atomic mass is 10.0. The lowest BCUT2D eigenvalue weighted by Crippen LogP contribution is -2.57. The standard InChI is InChI=1S/C13H21N5O3S/c1-10-15-12(9-16(10)2)22(20,21)18-5-3-17(4-6-18)13(19)11-7-14-8-11/h9,11,14H,3-8H2,1-2H3. The molecule has 8 nitrogen and oxygen atoms in total. The number of amides is 1. The first-order valence-electron chi connectivity index (χ1n) is 7.39. The second-order valence-electron chi connectivity index (χ2n) is 5.82. The fraction of sp³-hybridized carbons (Fsp3) is 0.692. The lowest BCUT2D eigenvalue weighted by molar-refractivity contribution is -0.138. The average Bonchev–Trinajstić information content (AvgIpc) is 2.78. The van der Waals surface area contributed by atoms with Gasteiger partial charge in [0.15, 0.2) is 5.03 Å². The molecule has 0 saturated carbocycles. The Balaban J connectivity index is 1.66. The molecule has 122 valence electrons. The Morgan fingerprint density at radius 1 is 1.27 bits per heavy atom. The Hall–Kier alpha value is -1.45. The zero-order valence-corrected chi connectivity index (χ0v) is 13.6. The van der Waals surface area contributed by atoms with Gasteiger partial charge in [0, 0.05) is 52.5 Å². The van der Waals surface area contributed by atoms with E-state index in [0.29, 0.717) is 32.0 Å². The Labute approximate surface area is 130 Å². The first-order chi connectivity index (χ1) is 10.4. The maximum atomic E-state index is 12.6. The molecule has 2 aliphatic heterocycles. The third-order valence-electron chi connectivity index (χ3n) is 4.37. The summed E-state index contributed by atoms with van der Waals surface area (Å²) in [5.74, 6) is 0.843. The van der Waals surface area contributed by atoms with Crippen molar-refractivity contribution in [3.05, 3.63) is 12.0 Å². The molecule has 0 bridgehead atoms. The molecule has 2 fully saturated rings. The zero-order chi connectivity index (χ0) is 15.9. The van der Waals surface area contributed by atoms with Gasteiger partial charge in [-0.2, -0.15) is 4.31 Å². The number of hydrogen-bond acceptors (Lipinski definition) is 5. The molecule has 9 heteroatoms. The van der Waals surface area contributed by atoms with E-state index >= 15 is 0 Å². The number of nitrogens with zero attached hydrogens (tertiary/aromatic N) is 4. The van der Waals surface area contributed by atoms with Gasteiger partial charge in [-0.1, -0.05) is 0 Å². The van der Waals surface area contributed by atoms with Crippen LogP contribution in [0.4, 0.5) is 0 Å². The summed E-state index contributed by atoms with van der Waals surface area (Å²) in [4.78, 5) is 18.0. The van der Waals surface area contributed by atoms with Crippen LogP contribution in [0.3, 0.4) is 0 Å². The smallest absolute Gasteiger partial charge is 0.262 e. The molecular formula is C13H21N5O3S. The highest BCUT2D eigenvalue weighted by Gasteiger charge is 2.35. The van der Waals surface area contributed by atoms with Crippen molar-refractivity contribution in [2.24, 2.45) is 13.0 Å². The van der Waals surface area contributed by atoms with E-state index in [1.54, 1.807) is 23.4 Å². The van der Waals surface area contributed by atoms with Crippen molar-refractivity contribution < 1.29 is 13.2 Å². The van der Waals surface area contributed by atoms with Gasteiger partial charge in [0.2, 0.25) is 5.91 Å². The fourth-order valence-corrected chi connectivity index (χ4v) is 4.10. The molecule has 0 spiro atoms. The number of imidazole rings is 1. The van der Waals surface area contributed by atoms with E-state index in [0.717, 1.165) is 13.1 Å². The van der Waals surface area contributed by atoms with Crippen LogP contribution in [0.1, 0.15) is 5.82 Å². The number of aryl methyl sites for hydroxylation is 2. The van der Waals surface area contributed by atoms with Gasteiger partial charge in [-0.15, -0.1) is 0 Å². The van der Waals surface area contributed by atoms with Gasteiger partial charge in [-0.3, -0.25) is 4.79 Å². The van der Waals surface area contributed by atoms with Crippen molar-refractivity contribution in [2.45, 2.75) is 11.9 Å².